The summed E-state index contributed by atoms with van der Waals surface area (Å²) < 4.78 is 5.98. The van der Waals surface area contributed by atoms with Gasteiger partial charge < -0.3 is 15.8 Å². The fraction of sp³-hybridized carbons (Fsp3) is 0.381. The zero-order chi connectivity index (χ0) is 17.6. The smallest absolute Gasteiger partial charge is 0.241 e. The van der Waals surface area contributed by atoms with E-state index in [0.717, 1.165) is 30.6 Å². The second-order valence-electron chi connectivity index (χ2n) is 6.74. The molecule has 1 aliphatic heterocycles. The van der Waals surface area contributed by atoms with Gasteiger partial charge in [-0.1, -0.05) is 60.2 Å². The van der Waals surface area contributed by atoms with Gasteiger partial charge in [-0.25, -0.2) is 0 Å². The molecule has 0 bridgehead atoms. The van der Waals surface area contributed by atoms with Crippen molar-refractivity contribution in [1.29, 1.82) is 0 Å². The van der Waals surface area contributed by atoms with Gasteiger partial charge in [0.2, 0.25) is 5.91 Å². The maximum absolute atomic E-state index is 12.4. The average Bonchev–Trinajstić information content (AvgIpc) is 2.67. The Bertz CT molecular complexity index is 685. The quantitative estimate of drug-likeness (QED) is 0.879. The first-order chi connectivity index (χ1) is 12.1. The van der Waals surface area contributed by atoms with Crippen LogP contribution in [0.1, 0.15) is 41.7 Å². The normalized spacial score (nSPS) is 21.5. The third kappa shape index (κ3) is 4.47. The van der Waals surface area contributed by atoms with Crippen LogP contribution in [0.2, 0.25) is 0 Å². The fourth-order valence-electron chi connectivity index (χ4n) is 3.33. The summed E-state index contributed by atoms with van der Waals surface area (Å²) in [6, 6.07) is 17.4. The average molecular weight is 338 g/mol. The van der Waals surface area contributed by atoms with Crippen molar-refractivity contribution >= 4 is 5.91 Å². The molecule has 4 heteroatoms. The first-order valence-corrected chi connectivity index (χ1v) is 8.91. The molecule has 3 N–H and O–H groups in total. The second kappa shape index (κ2) is 8.28. The number of carbonyl (C=O) groups is 1. The van der Waals surface area contributed by atoms with E-state index in [-0.39, 0.29) is 17.9 Å². The summed E-state index contributed by atoms with van der Waals surface area (Å²) in [4.78, 5) is 12.4. The Labute approximate surface area is 149 Å². The van der Waals surface area contributed by atoms with Gasteiger partial charge in [0.05, 0.1) is 6.10 Å². The van der Waals surface area contributed by atoms with E-state index >= 15 is 0 Å². The molecule has 1 heterocycles. The van der Waals surface area contributed by atoms with Crippen LogP contribution in [0.15, 0.2) is 54.6 Å². The molecule has 1 aliphatic rings. The molecule has 3 unspecified atom stereocenters. The largest absolute Gasteiger partial charge is 0.373 e. The van der Waals surface area contributed by atoms with Gasteiger partial charge in [0.15, 0.2) is 0 Å². The van der Waals surface area contributed by atoms with E-state index in [4.69, 9.17) is 10.5 Å². The molecule has 0 aromatic heterocycles. The van der Waals surface area contributed by atoms with Crippen molar-refractivity contribution in [3.8, 4) is 0 Å². The summed E-state index contributed by atoms with van der Waals surface area (Å²) in [5.41, 5.74) is 9.27. The molecule has 1 amide bonds. The Morgan fingerprint density at radius 3 is 2.64 bits per heavy atom. The van der Waals surface area contributed by atoms with Crippen LogP contribution in [-0.2, 0) is 9.53 Å². The Kier molecular flexibility index (Phi) is 5.84. The minimum absolute atomic E-state index is 0.0332. The van der Waals surface area contributed by atoms with Crippen molar-refractivity contribution in [3.63, 3.8) is 0 Å². The number of benzene rings is 2. The number of ether oxygens (including phenoxy) is 1. The minimum atomic E-state index is -0.639. The molecule has 0 saturated carbocycles. The number of amides is 1. The minimum Gasteiger partial charge on any atom is -0.373 e. The van der Waals surface area contributed by atoms with Crippen molar-refractivity contribution in [1.82, 2.24) is 5.32 Å². The zero-order valence-electron chi connectivity index (χ0n) is 14.7. The Morgan fingerprint density at radius 2 is 1.92 bits per heavy atom. The van der Waals surface area contributed by atoms with Crippen LogP contribution in [0.4, 0.5) is 0 Å². The van der Waals surface area contributed by atoms with Gasteiger partial charge in [-0.05, 0) is 30.9 Å². The van der Waals surface area contributed by atoms with Crippen molar-refractivity contribution in [3.05, 3.63) is 71.3 Å². The molecular formula is C21H26N2O2. The molecule has 3 rings (SSSR count). The molecule has 2 aromatic rings. The number of hydrogen-bond acceptors (Lipinski definition) is 3. The Morgan fingerprint density at radius 1 is 1.20 bits per heavy atom. The van der Waals surface area contributed by atoms with E-state index in [1.807, 2.05) is 49.4 Å². The predicted molar refractivity (Wildman–Crippen MR) is 99.0 cm³/mol. The van der Waals surface area contributed by atoms with Gasteiger partial charge in [0, 0.05) is 19.1 Å². The van der Waals surface area contributed by atoms with Crippen LogP contribution in [0.3, 0.4) is 0 Å². The standard InChI is InChI=1S/C21H26N2O2/c1-15-9-11-16(12-10-15)19(22)21(24)23-14-18-8-5-13-25-20(18)17-6-3-2-4-7-17/h2-4,6-7,9-12,18-20H,5,8,13-14,22H2,1H3,(H,23,24). The highest BCUT2D eigenvalue weighted by atomic mass is 16.5. The highest BCUT2D eigenvalue weighted by Gasteiger charge is 2.28. The SMILES string of the molecule is Cc1ccc(C(N)C(=O)NCC2CCCOC2c2ccccc2)cc1. The van der Waals surface area contributed by atoms with Crippen LogP contribution in [0.5, 0.6) is 0 Å². The maximum Gasteiger partial charge on any atom is 0.241 e. The van der Waals surface area contributed by atoms with E-state index in [9.17, 15) is 4.79 Å². The highest BCUT2D eigenvalue weighted by molar-refractivity contribution is 5.82. The topological polar surface area (TPSA) is 64.4 Å². The van der Waals surface area contributed by atoms with Crippen molar-refractivity contribution in [2.45, 2.75) is 31.9 Å². The molecule has 4 nitrogen and oxygen atoms in total. The van der Waals surface area contributed by atoms with Gasteiger partial charge >= 0.3 is 0 Å². The van der Waals surface area contributed by atoms with E-state index in [1.165, 1.54) is 5.56 Å². The van der Waals surface area contributed by atoms with Crippen LogP contribution in [0.25, 0.3) is 0 Å². The Balaban J connectivity index is 1.61. The molecule has 1 fully saturated rings. The van der Waals surface area contributed by atoms with Crippen LogP contribution < -0.4 is 11.1 Å². The number of aryl methyl sites for hydroxylation is 1. The molecule has 0 aliphatic carbocycles. The Hall–Kier alpha value is -2.17. The van der Waals surface area contributed by atoms with Crippen molar-refractivity contribution in [2.24, 2.45) is 11.7 Å². The summed E-state index contributed by atoms with van der Waals surface area (Å²) in [5.74, 6) is 0.131. The van der Waals surface area contributed by atoms with Gasteiger partial charge in [-0.3, -0.25) is 4.79 Å². The maximum atomic E-state index is 12.4. The van der Waals surface area contributed by atoms with E-state index in [0.29, 0.717) is 6.54 Å². The molecular weight excluding hydrogens is 312 g/mol. The summed E-state index contributed by atoms with van der Waals surface area (Å²) in [5, 5.41) is 3.02. The molecule has 132 valence electrons. The number of nitrogens with one attached hydrogen (secondary N) is 1. The third-order valence-corrected chi connectivity index (χ3v) is 4.83. The lowest BCUT2D eigenvalue weighted by atomic mass is 9.89. The molecule has 0 radical (unpaired) electrons. The summed E-state index contributed by atoms with van der Waals surface area (Å²) in [6.07, 6.45) is 2.10. The third-order valence-electron chi connectivity index (χ3n) is 4.83. The number of nitrogens with two attached hydrogens (primary N) is 1. The fourth-order valence-corrected chi connectivity index (χ4v) is 3.33. The van der Waals surface area contributed by atoms with Crippen LogP contribution in [0, 0.1) is 12.8 Å². The van der Waals surface area contributed by atoms with Crippen LogP contribution >= 0.6 is 0 Å². The van der Waals surface area contributed by atoms with Crippen molar-refractivity contribution < 1.29 is 9.53 Å². The zero-order valence-corrected chi connectivity index (χ0v) is 14.7. The molecule has 25 heavy (non-hydrogen) atoms. The van der Waals surface area contributed by atoms with E-state index in [2.05, 4.69) is 17.4 Å². The van der Waals surface area contributed by atoms with Gasteiger partial charge in [-0.2, -0.15) is 0 Å². The van der Waals surface area contributed by atoms with E-state index in [1.54, 1.807) is 0 Å². The van der Waals surface area contributed by atoms with Crippen LogP contribution in [-0.4, -0.2) is 19.1 Å². The lowest BCUT2D eigenvalue weighted by molar-refractivity contribution is -0.123. The second-order valence-corrected chi connectivity index (χ2v) is 6.74. The monoisotopic (exact) mass is 338 g/mol. The molecule has 1 saturated heterocycles. The first kappa shape index (κ1) is 17.6. The predicted octanol–water partition coefficient (Wildman–Crippen LogP) is 3.28. The van der Waals surface area contributed by atoms with Gasteiger partial charge in [0.25, 0.3) is 0 Å². The molecule has 2 aromatic carbocycles. The first-order valence-electron chi connectivity index (χ1n) is 8.91. The van der Waals surface area contributed by atoms with E-state index < -0.39 is 6.04 Å². The number of hydrogen-bond donors (Lipinski definition) is 2. The summed E-state index contributed by atoms with van der Waals surface area (Å²) >= 11 is 0. The molecule has 3 atom stereocenters. The highest BCUT2D eigenvalue weighted by Crippen LogP contribution is 2.33. The van der Waals surface area contributed by atoms with Gasteiger partial charge in [-0.15, -0.1) is 0 Å². The summed E-state index contributed by atoms with van der Waals surface area (Å²) in [6.45, 7) is 3.37. The lowest BCUT2D eigenvalue weighted by Gasteiger charge is -2.32. The van der Waals surface area contributed by atoms with Gasteiger partial charge in [0.1, 0.15) is 6.04 Å². The van der Waals surface area contributed by atoms with Crippen molar-refractivity contribution in [2.75, 3.05) is 13.2 Å². The lowest BCUT2D eigenvalue weighted by Crippen LogP contribution is -2.39. The number of carbonyl (C=O) groups excluding carboxylic acids is 1. The number of rotatable bonds is 5. The molecule has 0 spiro atoms. The summed E-state index contributed by atoms with van der Waals surface area (Å²) in [7, 11) is 0.